The molecule has 1 aliphatic rings. The molecular weight excluding hydrogens is 430 g/mol. The average molecular weight is 460 g/mol. The van der Waals surface area contributed by atoms with E-state index in [4.69, 9.17) is 21.5 Å². The van der Waals surface area contributed by atoms with E-state index < -0.39 is 0 Å². The van der Waals surface area contributed by atoms with Gasteiger partial charge in [0.05, 0.1) is 0 Å². The second-order valence-corrected chi connectivity index (χ2v) is 8.10. The molecule has 3 rings (SSSR count). The smallest absolute Gasteiger partial charge is 0.290 e. The van der Waals surface area contributed by atoms with Crippen molar-refractivity contribution in [3.05, 3.63) is 64.7 Å². The van der Waals surface area contributed by atoms with Gasteiger partial charge in [0.15, 0.2) is 0 Å². The molecule has 0 aliphatic carbocycles. The number of hydrogen-bond donors (Lipinski definition) is 3. The van der Waals surface area contributed by atoms with Gasteiger partial charge in [-0.05, 0) is 62.0 Å². The van der Waals surface area contributed by atoms with Crippen molar-refractivity contribution in [3.8, 4) is 0 Å². The van der Waals surface area contributed by atoms with Crippen LogP contribution in [-0.2, 0) is 14.4 Å². The van der Waals surface area contributed by atoms with Crippen molar-refractivity contribution in [2.75, 3.05) is 31.5 Å². The highest BCUT2D eigenvalue weighted by Crippen LogP contribution is 2.27. The summed E-state index contributed by atoms with van der Waals surface area (Å²) in [6.45, 7) is 5.06. The van der Waals surface area contributed by atoms with Crippen molar-refractivity contribution < 1.29 is 19.5 Å². The first-order valence-electron chi connectivity index (χ1n) is 10.6. The number of carbonyl (C=O) groups excluding carboxylic acids is 2. The Morgan fingerprint density at radius 2 is 1.78 bits per heavy atom. The van der Waals surface area contributed by atoms with Crippen LogP contribution in [0.15, 0.2) is 48.5 Å². The minimum absolute atomic E-state index is 0.192. The monoisotopic (exact) mass is 459 g/mol. The zero-order chi connectivity index (χ0) is 23.3. The summed E-state index contributed by atoms with van der Waals surface area (Å²) in [7, 11) is 0. The summed E-state index contributed by atoms with van der Waals surface area (Å²) in [4.78, 5) is 34.9. The van der Waals surface area contributed by atoms with E-state index in [1.165, 1.54) is 5.56 Å². The molecule has 1 saturated heterocycles. The number of amides is 2. The first kappa shape index (κ1) is 25.4. The van der Waals surface area contributed by atoms with Gasteiger partial charge in [-0.1, -0.05) is 48.0 Å². The highest BCUT2D eigenvalue weighted by Gasteiger charge is 2.20. The van der Waals surface area contributed by atoms with E-state index in [2.05, 4.69) is 45.9 Å². The minimum atomic E-state index is -0.337. The molecule has 0 spiro atoms. The molecule has 2 aromatic rings. The second-order valence-electron chi connectivity index (χ2n) is 7.67. The molecule has 3 N–H and O–H groups in total. The lowest BCUT2D eigenvalue weighted by molar-refractivity contribution is -0.127. The van der Waals surface area contributed by atoms with Crippen LogP contribution >= 0.6 is 11.6 Å². The third-order valence-corrected chi connectivity index (χ3v) is 5.64. The van der Waals surface area contributed by atoms with Crippen LogP contribution in [0, 0.1) is 6.92 Å². The number of aryl methyl sites for hydroxylation is 1. The molecule has 0 saturated carbocycles. The topological polar surface area (TPSA) is 98.7 Å². The van der Waals surface area contributed by atoms with E-state index in [1.807, 2.05) is 13.0 Å². The maximum atomic E-state index is 12.1. The van der Waals surface area contributed by atoms with Crippen LogP contribution in [-0.4, -0.2) is 54.5 Å². The number of benzene rings is 2. The first-order valence-corrected chi connectivity index (χ1v) is 11.0. The number of likely N-dealkylation sites (tertiary alicyclic amines) is 1. The molecule has 1 heterocycles. The normalized spacial score (nSPS) is 14.1. The fraction of sp³-hybridized carbons (Fsp3) is 0.375. The van der Waals surface area contributed by atoms with Crippen LogP contribution < -0.4 is 10.6 Å². The predicted octanol–water partition coefficient (Wildman–Crippen LogP) is 3.67. The lowest BCUT2D eigenvalue weighted by atomic mass is 9.89. The molecular formula is C24H30ClN3O4. The number of piperidine rings is 1. The molecule has 1 aliphatic heterocycles. The minimum Gasteiger partial charge on any atom is -0.483 e. The number of rotatable bonds is 7. The maximum Gasteiger partial charge on any atom is 0.290 e. The fourth-order valence-electron chi connectivity index (χ4n) is 3.70. The number of carboxylic acid groups (broad SMARTS) is 1. The molecule has 0 aromatic heterocycles. The van der Waals surface area contributed by atoms with E-state index >= 15 is 0 Å². The Labute approximate surface area is 193 Å². The van der Waals surface area contributed by atoms with Crippen LogP contribution in [0.25, 0.3) is 0 Å². The van der Waals surface area contributed by atoms with Gasteiger partial charge in [0, 0.05) is 23.8 Å². The van der Waals surface area contributed by atoms with Gasteiger partial charge in [-0.15, -0.1) is 0 Å². The molecule has 0 bridgehead atoms. The molecule has 0 unspecified atom stereocenters. The summed E-state index contributed by atoms with van der Waals surface area (Å²) in [6.07, 6.45) is 2.08. The molecule has 2 amide bonds. The second kappa shape index (κ2) is 13.5. The lowest BCUT2D eigenvalue weighted by Crippen LogP contribution is -2.39. The van der Waals surface area contributed by atoms with Gasteiger partial charge in [-0.25, -0.2) is 0 Å². The summed E-state index contributed by atoms with van der Waals surface area (Å²) < 4.78 is 0. The number of carbonyl (C=O) groups is 3. The average Bonchev–Trinajstić information content (AvgIpc) is 2.78. The number of halogens is 1. The van der Waals surface area contributed by atoms with E-state index in [1.54, 1.807) is 12.1 Å². The molecule has 0 atom stereocenters. The van der Waals surface area contributed by atoms with E-state index in [0.29, 0.717) is 23.2 Å². The van der Waals surface area contributed by atoms with Gasteiger partial charge < -0.3 is 20.6 Å². The van der Waals surface area contributed by atoms with Crippen molar-refractivity contribution in [1.82, 2.24) is 10.2 Å². The van der Waals surface area contributed by atoms with Crippen LogP contribution in [0.3, 0.4) is 0 Å². The molecule has 0 radical (unpaired) electrons. The molecule has 2 aromatic carbocycles. The van der Waals surface area contributed by atoms with Crippen molar-refractivity contribution in [2.45, 2.75) is 32.1 Å². The van der Waals surface area contributed by atoms with Gasteiger partial charge in [-0.2, -0.15) is 0 Å². The summed E-state index contributed by atoms with van der Waals surface area (Å²) in [5.41, 5.74) is 2.96. The van der Waals surface area contributed by atoms with Crippen molar-refractivity contribution in [3.63, 3.8) is 0 Å². The largest absolute Gasteiger partial charge is 0.483 e. The van der Waals surface area contributed by atoms with Gasteiger partial charge in [0.1, 0.15) is 6.42 Å². The van der Waals surface area contributed by atoms with E-state index in [-0.39, 0.29) is 24.7 Å². The molecule has 172 valence electrons. The number of anilines is 1. The van der Waals surface area contributed by atoms with Crippen LogP contribution in [0.5, 0.6) is 0 Å². The van der Waals surface area contributed by atoms with Crippen LogP contribution in [0.1, 0.15) is 36.3 Å². The van der Waals surface area contributed by atoms with Crippen molar-refractivity contribution >= 4 is 35.6 Å². The number of nitrogens with one attached hydrogen (secondary N) is 2. The van der Waals surface area contributed by atoms with Gasteiger partial charge >= 0.3 is 0 Å². The third kappa shape index (κ3) is 8.69. The summed E-state index contributed by atoms with van der Waals surface area (Å²) in [5, 5.41) is 13.0. The van der Waals surface area contributed by atoms with Crippen LogP contribution in [0.4, 0.5) is 5.69 Å². The maximum absolute atomic E-state index is 12.1. The Morgan fingerprint density at radius 1 is 1.12 bits per heavy atom. The third-order valence-electron chi connectivity index (χ3n) is 5.40. The molecule has 32 heavy (non-hydrogen) atoms. The SMILES string of the molecule is Cc1ccc(Cl)cc1NC(=O)CC(=O)NCCN1CCC(c2ccccc2)CC1.O=CO. The quantitative estimate of drug-likeness (QED) is 0.433. The zero-order valence-corrected chi connectivity index (χ0v) is 19.0. The zero-order valence-electron chi connectivity index (χ0n) is 18.2. The van der Waals surface area contributed by atoms with Gasteiger partial charge in [-0.3, -0.25) is 14.4 Å². The standard InChI is InChI=1S/C23H28ClN3O2.CH2O2/c1-17-7-8-20(24)15-21(17)26-23(29)16-22(28)25-11-14-27-12-9-19(10-13-27)18-5-3-2-4-6-18;2-1-3/h2-8,15,19H,9-14,16H2,1H3,(H,25,28)(H,26,29);1H,(H,2,3). The molecule has 1 fully saturated rings. The Hall–Kier alpha value is -2.90. The highest BCUT2D eigenvalue weighted by atomic mass is 35.5. The predicted molar refractivity (Wildman–Crippen MR) is 126 cm³/mol. The first-order chi connectivity index (χ1) is 15.4. The van der Waals surface area contributed by atoms with Gasteiger partial charge in [0.25, 0.3) is 6.47 Å². The van der Waals surface area contributed by atoms with E-state index in [0.717, 1.165) is 38.0 Å². The lowest BCUT2D eigenvalue weighted by Gasteiger charge is -2.32. The number of nitrogens with zero attached hydrogens (tertiary/aromatic N) is 1. The Morgan fingerprint density at radius 3 is 2.44 bits per heavy atom. The fourth-order valence-corrected chi connectivity index (χ4v) is 3.87. The van der Waals surface area contributed by atoms with Crippen molar-refractivity contribution in [2.24, 2.45) is 0 Å². The Kier molecular flexibility index (Phi) is 10.7. The van der Waals surface area contributed by atoms with E-state index in [9.17, 15) is 9.59 Å². The van der Waals surface area contributed by atoms with Crippen molar-refractivity contribution in [1.29, 1.82) is 0 Å². The molecule has 7 nitrogen and oxygen atoms in total. The Bertz CT molecular complexity index is 884. The van der Waals surface area contributed by atoms with Crippen LogP contribution in [0.2, 0.25) is 5.02 Å². The molecule has 8 heteroatoms. The summed E-state index contributed by atoms with van der Waals surface area (Å²) in [6, 6.07) is 15.9. The number of hydrogen-bond acceptors (Lipinski definition) is 4. The highest BCUT2D eigenvalue weighted by molar-refractivity contribution is 6.31. The van der Waals surface area contributed by atoms with Gasteiger partial charge in [0.2, 0.25) is 11.8 Å². The summed E-state index contributed by atoms with van der Waals surface area (Å²) in [5.74, 6) is 0.0265. The Balaban J connectivity index is 0.00000114. The summed E-state index contributed by atoms with van der Waals surface area (Å²) >= 11 is 5.96.